The van der Waals surface area contributed by atoms with Gasteiger partial charge >= 0.3 is 5.97 Å². The molecule has 0 fully saturated rings. The molecule has 0 amide bonds. The van der Waals surface area contributed by atoms with Crippen LogP contribution < -0.4 is 4.74 Å². The van der Waals surface area contributed by atoms with E-state index >= 15 is 0 Å². The summed E-state index contributed by atoms with van der Waals surface area (Å²) in [6.07, 6.45) is 4.94. The number of hydrogen-bond donors (Lipinski definition) is 3. The molecule has 0 heterocycles. The monoisotopic (exact) mass is 468 g/mol. The van der Waals surface area contributed by atoms with Gasteiger partial charge in [-0.05, 0) is 80.8 Å². The second-order valence-corrected chi connectivity index (χ2v) is 9.73. The van der Waals surface area contributed by atoms with Crippen molar-refractivity contribution in [1.82, 2.24) is 0 Å². The SMILES string of the molecule is CCC(CC)(c1ccc(C=CC(C)(C)O)c(C)c1)c1ccc(OCC(O)CCC(=O)O)c(C)c1. The second-order valence-electron chi connectivity index (χ2n) is 9.73. The number of rotatable bonds is 12. The number of benzene rings is 2. The van der Waals surface area contributed by atoms with Gasteiger partial charge in [0.1, 0.15) is 12.4 Å². The second kappa shape index (κ2) is 11.7. The largest absolute Gasteiger partial charge is 0.491 e. The summed E-state index contributed by atoms with van der Waals surface area (Å²) in [7, 11) is 0. The summed E-state index contributed by atoms with van der Waals surface area (Å²) < 4.78 is 5.79. The lowest BCUT2D eigenvalue weighted by Gasteiger charge is -2.34. The summed E-state index contributed by atoms with van der Waals surface area (Å²) in [5.74, 6) is -0.228. The van der Waals surface area contributed by atoms with E-state index in [0.29, 0.717) is 5.75 Å². The zero-order valence-electron chi connectivity index (χ0n) is 21.4. The van der Waals surface area contributed by atoms with E-state index in [-0.39, 0.29) is 24.9 Å². The average molecular weight is 469 g/mol. The third-order valence-corrected chi connectivity index (χ3v) is 6.55. The molecule has 0 aromatic heterocycles. The van der Waals surface area contributed by atoms with Gasteiger partial charge in [0.05, 0.1) is 11.7 Å². The lowest BCUT2D eigenvalue weighted by molar-refractivity contribution is -0.137. The van der Waals surface area contributed by atoms with Gasteiger partial charge in [-0.2, -0.15) is 0 Å². The van der Waals surface area contributed by atoms with Gasteiger partial charge in [-0.15, -0.1) is 0 Å². The topological polar surface area (TPSA) is 87.0 Å². The van der Waals surface area contributed by atoms with Gasteiger partial charge in [0.2, 0.25) is 0 Å². The number of aliphatic carboxylic acids is 1. The molecule has 0 aliphatic carbocycles. The molecule has 0 saturated carbocycles. The molecule has 5 heteroatoms. The van der Waals surface area contributed by atoms with E-state index in [9.17, 15) is 15.0 Å². The molecule has 1 atom stereocenters. The fourth-order valence-corrected chi connectivity index (χ4v) is 4.36. The van der Waals surface area contributed by atoms with Gasteiger partial charge in [-0.1, -0.05) is 56.3 Å². The van der Waals surface area contributed by atoms with Crippen molar-refractivity contribution in [3.05, 3.63) is 70.3 Å². The summed E-state index contributed by atoms with van der Waals surface area (Å²) in [5.41, 5.74) is 4.71. The molecule has 0 bridgehead atoms. The Kier molecular flexibility index (Phi) is 9.48. The number of carboxylic acid groups (broad SMARTS) is 1. The van der Waals surface area contributed by atoms with Gasteiger partial charge < -0.3 is 20.1 Å². The molecule has 5 nitrogen and oxygen atoms in total. The quantitative estimate of drug-likeness (QED) is 0.367. The van der Waals surface area contributed by atoms with Crippen molar-refractivity contribution < 1.29 is 24.9 Å². The van der Waals surface area contributed by atoms with E-state index < -0.39 is 17.7 Å². The number of aliphatic hydroxyl groups excluding tert-OH is 1. The van der Waals surface area contributed by atoms with E-state index in [1.54, 1.807) is 13.8 Å². The maximum Gasteiger partial charge on any atom is 0.303 e. The van der Waals surface area contributed by atoms with Gasteiger partial charge in [0.25, 0.3) is 0 Å². The Hall–Kier alpha value is -2.63. The number of ether oxygens (including phenoxy) is 1. The smallest absolute Gasteiger partial charge is 0.303 e. The van der Waals surface area contributed by atoms with E-state index in [2.05, 4.69) is 51.1 Å². The zero-order valence-corrected chi connectivity index (χ0v) is 21.4. The molecule has 2 aromatic carbocycles. The Balaban J connectivity index is 2.30. The lowest BCUT2D eigenvalue weighted by atomic mass is 9.70. The van der Waals surface area contributed by atoms with Crippen LogP contribution in [0.1, 0.15) is 81.2 Å². The van der Waals surface area contributed by atoms with Crippen molar-refractivity contribution in [1.29, 1.82) is 0 Å². The first-order chi connectivity index (χ1) is 15.9. The predicted octanol–water partition coefficient (Wildman–Crippen LogP) is 5.80. The summed E-state index contributed by atoms with van der Waals surface area (Å²) >= 11 is 0. The molecule has 0 saturated heterocycles. The molecule has 0 spiro atoms. The van der Waals surface area contributed by atoms with Gasteiger partial charge in [0, 0.05) is 11.8 Å². The van der Waals surface area contributed by atoms with Crippen LogP contribution in [0.2, 0.25) is 0 Å². The molecule has 0 aliphatic heterocycles. The molecular formula is C29H40O5. The molecule has 0 radical (unpaired) electrons. The Morgan fingerprint density at radius 3 is 2.12 bits per heavy atom. The molecular weight excluding hydrogens is 428 g/mol. The van der Waals surface area contributed by atoms with Crippen molar-refractivity contribution in [2.75, 3.05) is 6.61 Å². The molecule has 2 rings (SSSR count). The van der Waals surface area contributed by atoms with Crippen LogP contribution in [-0.2, 0) is 10.2 Å². The number of aryl methyl sites for hydroxylation is 2. The van der Waals surface area contributed by atoms with Crippen molar-refractivity contribution in [3.8, 4) is 5.75 Å². The summed E-state index contributed by atoms with van der Waals surface area (Å²) in [4.78, 5) is 10.7. The maximum absolute atomic E-state index is 10.7. The van der Waals surface area contributed by atoms with Gasteiger partial charge in [-0.3, -0.25) is 4.79 Å². The number of carboxylic acids is 1. The minimum atomic E-state index is -0.924. The standard InChI is InChI=1S/C29H40O5/c1-7-29(8-2,23-10-9-22(20(3)17-23)15-16-28(5,6)33)24-11-13-26(21(4)18-24)34-19-25(30)12-14-27(31)32/h9-11,13,15-18,25,30,33H,7-8,12,14,19H2,1-6H3,(H,31,32). The Morgan fingerprint density at radius 1 is 1.03 bits per heavy atom. The van der Waals surface area contributed by atoms with Crippen LogP contribution in [-0.4, -0.2) is 39.6 Å². The highest BCUT2D eigenvalue weighted by Gasteiger charge is 2.31. The minimum Gasteiger partial charge on any atom is -0.491 e. The molecule has 2 aromatic rings. The highest BCUT2D eigenvalue weighted by Crippen LogP contribution is 2.41. The van der Waals surface area contributed by atoms with Crippen molar-refractivity contribution >= 4 is 12.0 Å². The molecule has 0 aliphatic rings. The average Bonchev–Trinajstić information content (AvgIpc) is 2.77. The zero-order chi connectivity index (χ0) is 25.5. The highest BCUT2D eigenvalue weighted by molar-refractivity contribution is 5.66. The Labute approximate surface area is 204 Å². The summed E-state index contributed by atoms with van der Waals surface area (Å²) in [6, 6.07) is 12.7. The predicted molar refractivity (Wildman–Crippen MR) is 137 cm³/mol. The molecule has 1 unspecified atom stereocenters. The minimum absolute atomic E-state index is 0.0684. The molecule has 34 heavy (non-hydrogen) atoms. The van der Waals surface area contributed by atoms with Crippen LogP contribution in [0.4, 0.5) is 0 Å². The van der Waals surface area contributed by atoms with Gasteiger partial charge in [0.15, 0.2) is 0 Å². The molecule has 186 valence electrons. The Morgan fingerprint density at radius 2 is 1.62 bits per heavy atom. The van der Waals surface area contributed by atoms with Crippen LogP contribution in [0.5, 0.6) is 5.75 Å². The third-order valence-electron chi connectivity index (χ3n) is 6.55. The fraction of sp³-hybridized carbons (Fsp3) is 0.483. The fourth-order valence-electron chi connectivity index (χ4n) is 4.36. The number of carbonyl (C=O) groups is 1. The highest BCUT2D eigenvalue weighted by atomic mass is 16.5. The first-order valence-corrected chi connectivity index (χ1v) is 12.1. The van der Waals surface area contributed by atoms with Crippen LogP contribution in [0.3, 0.4) is 0 Å². The summed E-state index contributed by atoms with van der Waals surface area (Å²) in [5, 5.41) is 28.8. The first kappa shape index (κ1) is 27.6. The van der Waals surface area contributed by atoms with E-state index in [1.807, 2.05) is 25.1 Å². The van der Waals surface area contributed by atoms with Crippen molar-refractivity contribution in [2.24, 2.45) is 0 Å². The van der Waals surface area contributed by atoms with Crippen LogP contribution >= 0.6 is 0 Å². The van der Waals surface area contributed by atoms with Crippen molar-refractivity contribution in [3.63, 3.8) is 0 Å². The number of hydrogen-bond acceptors (Lipinski definition) is 4. The van der Waals surface area contributed by atoms with Crippen LogP contribution in [0.15, 0.2) is 42.5 Å². The first-order valence-electron chi connectivity index (χ1n) is 12.1. The normalized spacial score (nSPS) is 13.3. The van der Waals surface area contributed by atoms with Crippen molar-refractivity contribution in [2.45, 2.75) is 84.3 Å². The van der Waals surface area contributed by atoms with Crippen LogP contribution in [0, 0.1) is 13.8 Å². The van der Waals surface area contributed by atoms with E-state index in [0.717, 1.165) is 29.5 Å². The Bertz CT molecular complexity index is 996. The van der Waals surface area contributed by atoms with E-state index in [1.165, 1.54) is 11.1 Å². The number of aliphatic hydroxyl groups is 2. The van der Waals surface area contributed by atoms with Gasteiger partial charge in [-0.25, -0.2) is 0 Å². The maximum atomic E-state index is 10.7. The molecule has 3 N–H and O–H groups in total. The summed E-state index contributed by atoms with van der Waals surface area (Å²) in [6.45, 7) is 12.1. The third kappa shape index (κ3) is 7.18. The lowest BCUT2D eigenvalue weighted by Crippen LogP contribution is -2.26. The van der Waals surface area contributed by atoms with E-state index in [4.69, 9.17) is 9.84 Å². The van der Waals surface area contributed by atoms with Crippen LogP contribution in [0.25, 0.3) is 6.08 Å².